The van der Waals surface area contributed by atoms with Crippen LogP contribution in [0.3, 0.4) is 0 Å². The van der Waals surface area contributed by atoms with Gasteiger partial charge in [-0.1, -0.05) is 42.5 Å². The van der Waals surface area contributed by atoms with E-state index in [1.165, 1.54) is 11.6 Å². The van der Waals surface area contributed by atoms with Crippen LogP contribution in [0.1, 0.15) is 22.5 Å². The Morgan fingerprint density at radius 3 is 2.62 bits per heavy atom. The van der Waals surface area contributed by atoms with Crippen molar-refractivity contribution in [3.63, 3.8) is 0 Å². The zero-order chi connectivity index (χ0) is 18.4. The summed E-state index contributed by atoms with van der Waals surface area (Å²) in [4.78, 5) is 26.5. The molecule has 0 saturated heterocycles. The fraction of sp³-hybridized carbons (Fsp3) is 0.238. The molecule has 0 spiro atoms. The molecular formula is C21H22N2O3. The van der Waals surface area contributed by atoms with Crippen LogP contribution in [0.15, 0.2) is 69.9 Å². The zero-order valence-electron chi connectivity index (χ0n) is 14.8. The fourth-order valence-electron chi connectivity index (χ4n) is 2.83. The number of para-hydroxylation sites is 1. The number of hydrogen-bond donors (Lipinski definition) is 1. The lowest BCUT2D eigenvalue weighted by atomic mass is 10.2. The van der Waals surface area contributed by atoms with Gasteiger partial charge in [0.1, 0.15) is 5.58 Å². The zero-order valence-corrected chi connectivity index (χ0v) is 14.8. The van der Waals surface area contributed by atoms with Gasteiger partial charge in [-0.05, 0) is 37.7 Å². The summed E-state index contributed by atoms with van der Waals surface area (Å²) in [6.45, 7) is 2.25. The Bertz CT molecular complexity index is 935. The number of carbonyl (C=O) groups is 1. The van der Waals surface area contributed by atoms with Crippen molar-refractivity contribution in [2.24, 2.45) is 0 Å². The maximum Gasteiger partial charge on any atom is 0.287 e. The maximum atomic E-state index is 12.2. The lowest BCUT2D eigenvalue weighted by Gasteiger charge is -2.16. The Kier molecular flexibility index (Phi) is 5.81. The Hall–Kier alpha value is -2.92. The summed E-state index contributed by atoms with van der Waals surface area (Å²) in [5.41, 5.74) is 1.48. The van der Waals surface area contributed by atoms with Gasteiger partial charge >= 0.3 is 0 Å². The lowest BCUT2D eigenvalue weighted by molar-refractivity contribution is 0.0924. The molecule has 5 nitrogen and oxygen atoms in total. The molecular weight excluding hydrogens is 328 g/mol. The largest absolute Gasteiger partial charge is 0.451 e. The standard InChI is InChI=1S/C21H22N2O3/c1-23(15-16-8-3-2-4-9-16)13-7-12-22-21(25)20-14-18(24)17-10-5-6-11-19(17)26-20/h2-6,8-11,14H,7,12-13,15H2,1H3,(H,22,25). The van der Waals surface area contributed by atoms with E-state index in [0.717, 1.165) is 19.5 Å². The van der Waals surface area contributed by atoms with Crippen LogP contribution in [0.4, 0.5) is 0 Å². The minimum absolute atomic E-state index is 0.0475. The van der Waals surface area contributed by atoms with Crippen LogP contribution in [0.2, 0.25) is 0 Å². The first-order chi connectivity index (χ1) is 12.6. The van der Waals surface area contributed by atoms with Gasteiger partial charge in [0.2, 0.25) is 0 Å². The molecule has 5 heteroatoms. The molecule has 0 atom stereocenters. The molecule has 1 heterocycles. The van der Waals surface area contributed by atoms with E-state index in [1.54, 1.807) is 24.3 Å². The van der Waals surface area contributed by atoms with E-state index < -0.39 is 0 Å². The topological polar surface area (TPSA) is 62.6 Å². The van der Waals surface area contributed by atoms with E-state index in [-0.39, 0.29) is 17.1 Å². The smallest absolute Gasteiger partial charge is 0.287 e. The molecule has 1 aromatic heterocycles. The summed E-state index contributed by atoms with van der Waals surface area (Å²) in [6.07, 6.45) is 0.812. The summed E-state index contributed by atoms with van der Waals surface area (Å²) in [5, 5.41) is 3.29. The first-order valence-electron chi connectivity index (χ1n) is 8.67. The highest BCUT2D eigenvalue weighted by molar-refractivity contribution is 5.93. The molecule has 0 aliphatic rings. The predicted molar refractivity (Wildman–Crippen MR) is 102 cm³/mol. The van der Waals surface area contributed by atoms with Gasteiger partial charge in [0, 0.05) is 19.2 Å². The van der Waals surface area contributed by atoms with Crippen LogP contribution < -0.4 is 10.7 Å². The number of fused-ring (bicyclic) bond motifs is 1. The van der Waals surface area contributed by atoms with Crippen LogP contribution >= 0.6 is 0 Å². The number of nitrogens with one attached hydrogen (secondary N) is 1. The van der Waals surface area contributed by atoms with Crippen LogP contribution in [0.25, 0.3) is 11.0 Å². The normalized spacial score (nSPS) is 11.0. The van der Waals surface area contributed by atoms with Gasteiger partial charge in [-0.15, -0.1) is 0 Å². The summed E-state index contributed by atoms with van der Waals surface area (Å²) < 4.78 is 5.54. The van der Waals surface area contributed by atoms with E-state index in [1.807, 2.05) is 18.2 Å². The molecule has 26 heavy (non-hydrogen) atoms. The highest BCUT2D eigenvalue weighted by atomic mass is 16.3. The molecule has 2 aromatic carbocycles. The molecule has 134 valence electrons. The molecule has 0 radical (unpaired) electrons. The number of benzene rings is 2. The molecule has 0 fully saturated rings. The third-order valence-corrected chi connectivity index (χ3v) is 4.16. The van der Waals surface area contributed by atoms with Crippen molar-refractivity contribution in [1.82, 2.24) is 10.2 Å². The van der Waals surface area contributed by atoms with Crippen molar-refractivity contribution in [3.8, 4) is 0 Å². The Morgan fingerprint density at radius 2 is 1.81 bits per heavy atom. The van der Waals surface area contributed by atoms with E-state index in [2.05, 4.69) is 29.4 Å². The molecule has 3 aromatic rings. The molecule has 3 rings (SSSR count). The van der Waals surface area contributed by atoms with Crippen molar-refractivity contribution in [2.75, 3.05) is 20.1 Å². The van der Waals surface area contributed by atoms with E-state index in [4.69, 9.17) is 4.42 Å². The Balaban J connectivity index is 1.49. The van der Waals surface area contributed by atoms with Crippen molar-refractivity contribution in [2.45, 2.75) is 13.0 Å². The number of hydrogen-bond acceptors (Lipinski definition) is 4. The highest BCUT2D eigenvalue weighted by Crippen LogP contribution is 2.11. The average molecular weight is 350 g/mol. The molecule has 0 bridgehead atoms. The second kappa shape index (κ2) is 8.45. The van der Waals surface area contributed by atoms with Crippen molar-refractivity contribution in [1.29, 1.82) is 0 Å². The molecule has 1 N–H and O–H groups in total. The number of nitrogens with zero attached hydrogens (tertiary/aromatic N) is 1. The Labute approximate surface area is 152 Å². The predicted octanol–water partition coefficient (Wildman–Crippen LogP) is 3.04. The van der Waals surface area contributed by atoms with Gasteiger partial charge in [0.25, 0.3) is 5.91 Å². The van der Waals surface area contributed by atoms with Crippen molar-refractivity contribution in [3.05, 3.63) is 82.2 Å². The number of rotatable bonds is 7. The maximum absolute atomic E-state index is 12.2. The van der Waals surface area contributed by atoms with Crippen molar-refractivity contribution >= 4 is 16.9 Å². The quantitative estimate of drug-likeness (QED) is 0.665. The first kappa shape index (κ1) is 17.9. The molecule has 0 aliphatic heterocycles. The van der Waals surface area contributed by atoms with Gasteiger partial charge in [-0.3, -0.25) is 9.59 Å². The molecule has 0 saturated carbocycles. The minimum atomic E-state index is -0.362. The molecule has 1 amide bonds. The lowest BCUT2D eigenvalue weighted by Crippen LogP contribution is -2.28. The fourth-order valence-corrected chi connectivity index (χ4v) is 2.83. The molecule has 0 aliphatic carbocycles. The first-order valence-corrected chi connectivity index (χ1v) is 8.67. The summed E-state index contributed by atoms with van der Waals surface area (Å²) in [5.74, 6) is -0.315. The molecule has 0 unspecified atom stereocenters. The van der Waals surface area contributed by atoms with Crippen LogP contribution in [0, 0.1) is 0 Å². The van der Waals surface area contributed by atoms with Gasteiger partial charge in [0.05, 0.1) is 5.39 Å². The second-order valence-electron chi connectivity index (χ2n) is 6.30. The third-order valence-electron chi connectivity index (χ3n) is 4.16. The van der Waals surface area contributed by atoms with Gasteiger partial charge in [0.15, 0.2) is 11.2 Å². The van der Waals surface area contributed by atoms with Crippen LogP contribution in [-0.2, 0) is 6.54 Å². The van der Waals surface area contributed by atoms with Gasteiger partial charge in [-0.2, -0.15) is 0 Å². The van der Waals surface area contributed by atoms with Crippen LogP contribution in [-0.4, -0.2) is 30.9 Å². The summed E-state index contributed by atoms with van der Waals surface area (Å²) >= 11 is 0. The Morgan fingerprint density at radius 1 is 1.08 bits per heavy atom. The van der Waals surface area contributed by atoms with Gasteiger partial charge in [-0.25, -0.2) is 0 Å². The number of carbonyl (C=O) groups excluding carboxylic acids is 1. The van der Waals surface area contributed by atoms with E-state index in [9.17, 15) is 9.59 Å². The monoisotopic (exact) mass is 350 g/mol. The van der Waals surface area contributed by atoms with E-state index >= 15 is 0 Å². The van der Waals surface area contributed by atoms with Crippen LogP contribution in [0.5, 0.6) is 0 Å². The summed E-state index contributed by atoms with van der Waals surface area (Å²) in [6, 6.07) is 18.4. The average Bonchev–Trinajstić information content (AvgIpc) is 2.66. The number of amides is 1. The minimum Gasteiger partial charge on any atom is -0.451 e. The summed E-state index contributed by atoms with van der Waals surface area (Å²) in [7, 11) is 2.05. The third kappa shape index (κ3) is 4.58. The second-order valence-corrected chi connectivity index (χ2v) is 6.30. The van der Waals surface area contributed by atoms with Gasteiger partial charge < -0.3 is 14.6 Å². The SMILES string of the molecule is CN(CCCNC(=O)c1cc(=O)c2ccccc2o1)Cc1ccccc1. The van der Waals surface area contributed by atoms with E-state index in [0.29, 0.717) is 17.5 Å². The highest BCUT2D eigenvalue weighted by Gasteiger charge is 2.11. The van der Waals surface area contributed by atoms with Crippen molar-refractivity contribution < 1.29 is 9.21 Å².